The minimum absolute atomic E-state index is 0. The molecule has 0 radical (unpaired) electrons. The molecule has 0 fully saturated rings. The Kier molecular flexibility index (Phi) is 7.47. The molecule has 0 saturated carbocycles. The third-order valence-corrected chi connectivity index (χ3v) is 9.48. The lowest BCUT2D eigenvalue weighted by atomic mass is 10.0. The van der Waals surface area contributed by atoms with Crippen LogP contribution < -0.4 is 0 Å². The van der Waals surface area contributed by atoms with Crippen LogP contribution in [0.3, 0.4) is 0 Å². The van der Waals surface area contributed by atoms with Gasteiger partial charge in [-0.2, -0.15) is 0 Å². The van der Waals surface area contributed by atoms with Crippen LogP contribution >= 0.6 is 15.9 Å². The first-order valence-electron chi connectivity index (χ1n) is 15.6. The van der Waals surface area contributed by atoms with Crippen molar-refractivity contribution < 1.29 is 0 Å². The lowest BCUT2D eigenvalue weighted by Gasteiger charge is -2.07. The van der Waals surface area contributed by atoms with E-state index in [0.717, 1.165) is 15.8 Å². The topological polar surface area (TPSA) is 35.6 Å². The number of halogens is 1. The van der Waals surface area contributed by atoms with E-state index in [1.807, 2.05) is 36.9 Å². The van der Waals surface area contributed by atoms with E-state index in [-0.39, 0.29) is 7.43 Å². The zero-order valence-electron chi connectivity index (χ0n) is 25.3. The fourth-order valence-corrected chi connectivity index (χ4v) is 7.39. The van der Waals surface area contributed by atoms with E-state index in [1.165, 1.54) is 65.2 Å². The number of benzene rings is 6. The van der Waals surface area contributed by atoms with Crippen LogP contribution in [-0.2, 0) is 0 Å². The van der Waals surface area contributed by atoms with Crippen LogP contribution in [0.5, 0.6) is 0 Å². The molecule has 0 unspecified atom stereocenters. The molecule has 4 nitrogen and oxygen atoms in total. The summed E-state index contributed by atoms with van der Waals surface area (Å²) in [4.78, 5) is 8.60. The number of aromatic nitrogens is 4. The molecule has 0 spiro atoms. The van der Waals surface area contributed by atoms with E-state index in [1.54, 1.807) is 0 Å². The average Bonchev–Trinajstić information content (AvgIpc) is 3.66. The van der Waals surface area contributed by atoms with Crippen molar-refractivity contribution in [2.24, 2.45) is 0 Å². The molecule has 6 aromatic carbocycles. The summed E-state index contributed by atoms with van der Waals surface area (Å²) in [6, 6.07) is 49.2. The van der Waals surface area contributed by atoms with Crippen LogP contribution in [0.4, 0.5) is 0 Å². The van der Waals surface area contributed by atoms with Gasteiger partial charge in [-0.05, 0) is 82.2 Å². The summed E-state index contributed by atoms with van der Waals surface area (Å²) < 4.78 is 5.67. The summed E-state index contributed by atoms with van der Waals surface area (Å²) >= 11 is 3.63. The SMILES string of the molecule is Brc1ccc2c(c1)c1c3ccccc3ccc1n2-c1cccnc1.C.c1cncc(-n2c3ccccc3c3c4ccccc4ccc32)c1. The van der Waals surface area contributed by atoms with Crippen molar-refractivity contribution in [3.05, 3.63) is 169 Å². The largest absolute Gasteiger partial charge is 0.308 e. The third-order valence-electron chi connectivity index (χ3n) is 8.99. The lowest BCUT2D eigenvalue weighted by molar-refractivity contribution is 1.14. The Morgan fingerprint density at radius 2 is 0.896 bits per heavy atom. The first kappa shape index (κ1) is 29.6. The van der Waals surface area contributed by atoms with Gasteiger partial charge < -0.3 is 9.13 Å². The molecule has 10 aromatic rings. The highest BCUT2D eigenvalue weighted by molar-refractivity contribution is 9.10. The molecule has 0 aliphatic rings. The van der Waals surface area contributed by atoms with Crippen molar-refractivity contribution in [1.82, 2.24) is 19.1 Å². The number of hydrogen-bond acceptors (Lipinski definition) is 2. The van der Waals surface area contributed by atoms with Crippen LogP contribution in [0.15, 0.2) is 169 Å². The zero-order chi connectivity index (χ0) is 31.3. The Bertz CT molecular complexity index is 2750. The first-order valence-corrected chi connectivity index (χ1v) is 16.4. The molecule has 0 saturated heterocycles. The predicted octanol–water partition coefficient (Wildman–Crippen LogP) is 12.1. The average molecular weight is 684 g/mol. The van der Waals surface area contributed by atoms with Gasteiger partial charge in [-0.15, -0.1) is 0 Å². The van der Waals surface area contributed by atoms with Gasteiger partial charge in [0.2, 0.25) is 0 Å². The van der Waals surface area contributed by atoms with Crippen molar-refractivity contribution in [2.75, 3.05) is 0 Å². The molecular formula is C43H31BrN4. The van der Waals surface area contributed by atoms with Gasteiger partial charge in [-0.25, -0.2) is 0 Å². The molecule has 0 N–H and O–H groups in total. The van der Waals surface area contributed by atoms with E-state index in [0.29, 0.717) is 0 Å². The van der Waals surface area contributed by atoms with Crippen LogP contribution in [0.25, 0.3) is 76.5 Å². The highest BCUT2D eigenvalue weighted by Gasteiger charge is 2.16. The summed E-state index contributed by atoms with van der Waals surface area (Å²) in [5, 5.41) is 10.2. The van der Waals surface area contributed by atoms with E-state index in [9.17, 15) is 0 Å². The molecule has 0 aliphatic carbocycles. The molecule has 0 amide bonds. The van der Waals surface area contributed by atoms with E-state index in [4.69, 9.17) is 0 Å². The Morgan fingerprint density at radius 3 is 1.46 bits per heavy atom. The van der Waals surface area contributed by atoms with Crippen LogP contribution in [0.2, 0.25) is 0 Å². The van der Waals surface area contributed by atoms with Gasteiger partial charge in [0.05, 0.1) is 45.8 Å². The maximum Gasteiger partial charge on any atom is 0.0645 e. The molecule has 230 valence electrons. The van der Waals surface area contributed by atoms with Crippen molar-refractivity contribution >= 4 is 81.1 Å². The Labute approximate surface area is 286 Å². The smallest absolute Gasteiger partial charge is 0.0645 e. The van der Waals surface area contributed by atoms with Crippen LogP contribution in [0.1, 0.15) is 7.43 Å². The normalized spacial score (nSPS) is 11.3. The summed E-state index contributed by atoms with van der Waals surface area (Å²) in [5.74, 6) is 0. The van der Waals surface area contributed by atoms with Gasteiger partial charge in [0.1, 0.15) is 0 Å². The number of hydrogen-bond donors (Lipinski definition) is 0. The van der Waals surface area contributed by atoms with Crippen LogP contribution in [0, 0.1) is 0 Å². The molecular weight excluding hydrogens is 652 g/mol. The van der Waals surface area contributed by atoms with Gasteiger partial charge in [0, 0.05) is 38.4 Å². The highest BCUT2D eigenvalue weighted by atomic mass is 79.9. The molecule has 48 heavy (non-hydrogen) atoms. The van der Waals surface area contributed by atoms with Gasteiger partial charge in [-0.1, -0.05) is 102 Å². The number of pyridine rings is 2. The standard InChI is InChI=1S/C21H13BrN2.C21H14N2.CH4/c22-15-8-10-19-18(12-15)21-17-6-2-1-4-14(17)7-9-20(21)24(19)16-5-3-11-23-13-16;1-2-8-17-15(6-1)11-12-20-21(17)18-9-3-4-10-19(18)23(20)16-7-5-13-22-14-16;/h1-13H;1-14H;1H4. The minimum Gasteiger partial charge on any atom is -0.308 e. The number of para-hydroxylation sites is 1. The van der Waals surface area contributed by atoms with Gasteiger partial charge in [0.25, 0.3) is 0 Å². The predicted molar refractivity (Wildman–Crippen MR) is 207 cm³/mol. The quantitative estimate of drug-likeness (QED) is 0.182. The second-order valence-corrected chi connectivity index (χ2v) is 12.5. The van der Waals surface area contributed by atoms with Gasteiger partial charge >= 0.3 is 0 Å². The number of rotatable bonds is 2. The fourth-order valence-electron chi connectivity index (χ4n) is 7.03. The fraction of sp³-hybridized carbons (Fsp3) is 0.0233. The summed E-state index contributed by atoms with van der Waals surface area (Å²) in [7, 11) is 0. The van der Waals surface area contributed by atoms with Crippen molar-refractivity contribution in [3.8, 4) is 11.4 Å². The van der Waals surface area contributed by atoms with E-state index in [2.05, 4.69) is 162 Å². The van der Waals surface area contributed by atoms with Gasteiger partial charge in [0.15, 0.2) is 0 Å². The zero-order valence-corrected chi connectivity index (χ0v) is 26.8. The van der Waals surface area contributed by atoms with E-state index < -0.39 is 0 Å². The second-order valence-electron chi connectivity index (χ2n) is 11.6. The molecule has 0 bridgehead atoms. The van der Waals surface area contributed by atoms with Crippen molar-refractivity contribution in [3.63, 3.8) is 0 Å². The summed E-state index contributed by atoms with van der Waals surface area (Å²) in [6.45, 7) is 0. The van der Waals surface area contributed by atoms with Gasteiger partial charge in [-0.3, -0.25) is 9.97 Å². The molecule has 0 atom stereocenters. The monoisotopic (exact) mass is 682 g/mol. The van der Waals surface area contributed by atoms with Crippen molar-refractivity contribution in [1.29, 1.82) is 0 Å². The second kappa shape index (κ2) is 12.1. The Morgan fingerprint density at radius 1 is 0.417 bits per heavy atom. The minimum atomic E-state index is 0. The molecule has 5 heteroatoms. The maximum atomic E-state index is 4.30. The third kappa shape index (κ3) is 4.74. The highest BCUT2D eigenvalue weighted by Crippen LogP contribution is 2.38. The molecule has 4 aromatic heterocycles. The number of nitrogens with zero attached hydrogens (tertiary/aromatic N) is 4. The van der Waals surface area contributed by atoms with E-state index >= 15 is 0 Å². The van der Waals surface area contributed by atoms with Crippen LogP contribution in [-0.4, -0.2) is 19.1 Å². The lowest BCUT2D eigenvalue weighted by Crippen LogP contribution is -1.93. The molecule has 10 rings (SSSR count). The Hall–Kier alpha value is -5.78. The summed E-state index contributed by atoms with van der Waals surface area (Å²) in [6.07, 6.45) is 7.45. The van der Waals surface area contributed by atoms with Crippen molar-refractivity contribution in [2.45, 2.75) is 7.43 Å². The maximum absolute atomic E-state index is 4.30. The summed E-state index contributed by atoms with van der Waals surface area (Å²) in [5.41, 5.74) is 7.00. The molecule has 0 aliphatic heterocycles. The molecule has 4 heterocycles. The first-order chi connectivity index (χ1) is 23.3. The Balaban J connectivity index is 0.000000137. The number of fused-ring (bicyclic) bond motifs is 10.